The Hall–Kier alpha value is -0.980. The van der Waals surface area contributed by atoms with E-state index in [9.17, 15) is 0 Å². The average Bonchev–Trinajstić information content (AvgIpc) is 3.78. The second-order valence-corrected chi connectivity index (χ2v) is 10.5. The monoisotopic (exact) mass is 486 g/mol. The smallest absolute Gasteiger partial charge is 0.115 e. The molecule has 1 N–H and O–H groups in total. The summed E-state index contributed by atoms with van der Waals surface area (Å²) in [4.78, 5) is 0. The molecule has 7 rings (SSSR count). The molecule has 6 fully saturated rings. The fourth-order valence-electron chi connectivity index (χ4n) is 8.46. The highest BCUT2D eigenvalue weighted by Crippen LogP contribution is 2.59. The Balaban J connectivity index is 0.000000233. The third-order valence-electron chi connectivity index (χ3n) is 9.46. The van der Waals surface area contributed by atoms with Gasteiger partial charge in [0.2, 0.25) is 0 Å². The van der Waals surface area contributed by atoms with Crippen LogP contribution in [0.4, 0.5) is 0 Å². The van der Waals surface area contributed by atoms with E-state index in [0.29, 0.717) is 5.75 Å². The minimum Gasteiger partial charge on any atom is -0.508 e. The molecule has 0 radical (unpaired) electrons. The SMILES string of the molecule is C1CC2C3CCC(C3)C2C1.C1CC2C3CCC(C3)C2C1.CC.CC.CC.CC.Oc1ccccc1. The van der Waals surface area contributed by atoms with Crippen molar-refractivity contribution in [3.05, 3.63) is 30.3 Å². The van der Waals surface area contributed by atoms with Crippen LogP contribution < -0.4 is 0 Å². The summed E-state index contributed by atoms with van der Waals surface area (Å²) >= 11 is 0. The lowest BCUT2D eigenvalue weighted by molar-refractivity contribution is 0.259. The number of aromatic hydroxyl groups is 1. The van der Waals surface area contributed by atoms with Crippen molar-refractivity contribution < 1.29 is 5.11 Å². The average molecular weight is 487 g/mol. The first-order valence-corrected chi connectivity index (χ1v) is 16.0. The molecule has 8 unspecified atom stereocenters. The Morgan fingerprint density at radius 1 is 0.457 bits per heavy atom. The van der Waals surface area contributed by atoms with Crippen molar-refractivity contribution in [3.63, 3.8) is 0 Å². The lowest BCUT2D eigenvalue weighted by atomic mass is 9.82. The van der Waals surface area contributed by atoms with Gasteiger partial charge >= 0.3 is 0 Å². The van der Waals surface area contributed by atoms with Gasteiger partial charge in [0.15, 0.2) is 0 Å². The maximum atomic E-state index is 8.63. The predicted molar refractivity (Wildman–Crippen MR) is 157 cm³/mol. The molecule has 4 bridgehead atoms. The summed E-state index contributed by atoms with van der Waals surface area (Å²) in [6.45, 7) is 16.0. The largest absolute Gasteiger partial charge is 0.508 e. The maximum absolute atomic E-state index is 8.63. The van der Waals surface area contributed by atoms with Gasteiger partial charge < -0.3 is 5.11 Å². The van der Waals surface area contributed by atoms with E-state index in [4.69, 9.17) is 5.11 Å². The van der Waals surface area contributed by atoms with Crippen molar-refractivity contribution in [2.75, 3.05) is 0 Å². The molecule has 0 aliphatic heterocycles. The van der Waals surface area contributed by atoms with Crippen molar-refractivity contribution >= 4 is 0 Å². The van der Waals surface area contributed by atoms with Crippen LogP contribution in [0.2, 0.25) is 0 Å². The third kappa shape index (κ3) is 8.53. The molecule has 1 aromatic carbocycles. The molecular weight excluding hydrogens is 424 g/mol. The number of benzene rings is 1. The van der Waals surface area contributed by atoms with Crippen LogP contribution in [0.25, 0.3) is 0 Å². The summed E-state index contributed by atoms with van der Waals surface area (Å²) in [5.41, 5.74) is 0. The molecule has 0 amide bonds. The number of para-hydroxylation sites is 1. The van der Waals surface area contributed by atoms with E-state index in [1.807, 2.05) is 61.5 Å². The van der Waals surface area contributed by atoms with E-state index < -0.39 is 0 Å². The lowest BCUT2D eigenvalue weighted by Crippen LogP contribution is -2.15. The Morgan fingerprint density at radius 2 is 0.743 bits per heavy atom. The summed E-state index contributed by atoms with van der Waals surface area (Å²) in [7, 11) is 0. The standard InChI is InChI=1S/2C10H16.C6H6O.4C2H6/c2*1-2-9-7-4-5-8(6-7)10(9)3-1;7-6-4-2-1-3-5-6;4*1-2/h2*7-10H,1-6H2;1-5,7H;4*1-2H3. The minimum atomic E-state index is 0.322. The summed E-state index contributed by atoms with van der Waals surface area (Å²) in [5, 5.41) is 8.63. The first-order chi connectivity index (χ1) is 17.3. The number of phenolic OH excluding ortho intramolecular Hbond substituents is 1. The summed E-state index contributed by atoms with van der Waals surface area (Å²) < 4.78 is 0. The molecule has 204 valence electrons. The van der Waals surface area contributed by atoms with Crippen molar-refractivity contribution in [1.29, 1.82) is 0 Å². The van der Waals surface area contributed by atoms with Crippen LogP contribution in [-0.4, -0.2) is 5.11 Å². The van der Waals surface area contributed by atoms with Crippen molar-refractivity contribution in [2.45, 2.75) is 132 Å². The van der Waals surface area contributed by atoms with E-state index in [2.05, 4.69) is 0 Å². The first kappa shape index (κ1) is 32.0. The van der Waals surface area contributed by atoms with Crippen LogP contribution >= 0.6 is 0 Å². The van der Waals surface area contributed by atoms with Crippen LogP contribution in [0.1, 0.15) is 132 Å². The minimum absolute atomic E-state index is 0.322. The van der Waals surface area contributed by atoms with Crippen LogP contribution in [0, 0.1) is 47.3 Å². The van der Waals surface area contributed by atoms with Gasteiger partial charge in [-0.25, -0.2) is 0 Å². The second kappa shape index (κ2) is 18.3. The normalized spacial score (nSPS) is 35.3. The number of phenols is 1. The molecule has 1 heteroatoms. The summed E-state index contributed by atoms with van der Waals surface area (Å²) in [6, 6.07) is 8.71. The molecule has 1 aromatic rings. The summed E-state index contributed by atoms with van der Waals surface area (Å²) in [5.74, 6) is 9.92. The van der Waals surface area contributed by atoms with Crippen molar-refractivity contribution in [1.82, 2.24) is 0 Å². The zero-order valence-electron chi connectivity index (χ0n) is 24.9. The van der Waals surface area contributed by atoms with Crippen LogP contribution in [0.5, 0.6) is 5.75 Å². The molecule has 6 aliphatic carbocycles. The molecule has 0 spiro atoms. The van der Waals surface area contributed by atoms with E-state index in [-0.39, 0.29) is 0 Å². The topological polar surface area (TPSA) is 20.2 Å². The quantitative estimate of drug-likeness (QED) is 0.386. The van der Waals surface area contributed by atoms with Crippen molar-refractivity contribution in [3.8, 4) is 5.75 Å². The lowest BCUT2D eigenvalue weighted by Gasteiger charge is -2.23. The predicted octanol–water partition coefficient (Wildman–Crippen LogP) is 11.2. The van der Waals surface area contributed by atoms with E-state index in [0.717, 1.165) is 0 Å². The molecule has 0 heterocycles. The van der Waals surface area contributed by atoms with Gasteiger partial charge in [0.05, 0.1) is 0 Å². The molecular formula is C34H62O. The molecule has 0 aromatic heterocycles. The van der Waals surface area contributed by atoms with Gasteiger partial charge in [-0.15, -0.1) is 0 Å². The number of hydrogen-bond donors (Lipinski definition) is 1. The van der Waals surface area contributed by atoms with Gasteiger partial charge in [0.25, 0.3) is 0 Å². The molecule has 6 aliphatic rings. The third-order valence-corrected chi connectivity index (χ3v) is 9.46. The molecule has 35 heavy (non-hydrogen) atoms. The van der Waals surface area contributed by atoms with Gasteiger partial charge in [-0.2, -0.15) is 0 Å². The summed E-state index contributed by atoms with van der Waals surface area (Å²) in [6.07, 6.45) is 19.1. The Bertz CT molecular complexity index is 542. The van der Waals surface area contributed by atoms with Gasteiger partial charge in [0.1, 0.15) is 5.75 Å². The fourth-order valence-corrected chi connectivity index (χ4v) is 8.46. The maximum Gasteiger partial charge on any atom is 0.115 e. The van der Waals surface area contributed by atoms with E-state index >= 15 is 0 Å². The van der Waals surface area contributed by atoms with Crippen LogP contribution in [0.3, 0.4) is 0 Å². The Labute approximate surface area is 220 Å². The fraction of sp³-hybridized carbons (Fsp3) is 0.824. The number of fused-ring (bicyclic) bond motifs is 10. The van der Waals surface area contributed by atoms with Crippen LogP contribution in [-0.2, 0) is 0 Å². The Kier molecular flexibility index (Phi) is 16.8. The highest BCUT2D eigenvalue weighted by atomic mass is 16.3. The highest BCUT2D eigenvalue weighted by molar-refractivity contribution is 5.18. The highest BCUT2D eigenvalue weighted by Gasteiger charge is 2.49. The Morgan fingerprint density at radius 3 is 0.971 bits per heavy atom. The molecule has 1 nitrogen and oxygen atoms in total. The van der Waals surface area contributed by atoms with Crippen LogP contribution in [0.15, 0.2) is 30.3 Å². The van der Waals surface area contributed by atoms with Gasteiger partial charge in [-0.1, -0.05) is 86.4 Å². The molecule has 8 atom stereocenters. The first-order valence-electron chi connectivity index (χ1n) is 16.0. The van der Waals surface area contributed by atoms with E-state index in [1.54, 1.807) is 101 Å². The molecule has 6 saturated carbocycles. The van der Waals surface area contributed by atoms with Gasteiger partial charge in [0, 0.05) is 0 Å². The van der Waals surface area contributed by atoms with E-state index in [1.165, 1.54) is 47.3 Å². The zero-order chi connectivity index (χ0) is 26.2. The van der Waals surface area contributed by atoms with Gasteiger partial charge in [-0.05, 0) is 124 Å². The molecule has 0 saturated heterocycles. The number of rotatable bonds is 0. The van der Waals surface area contributed by atoms with Crippen molar-refractivity contribution in [2.24, 2.45) is 47.3 Å². The second-order valence-electron chi connectivity index (χ2n) is 10.5. The van der Waals surface area contributed by atoms with Gasteiger partial charge in [-0.3, -0.25) is 0 Å². The zero-order valence-corrected chi connectivity index (χ0v) is 24.9. The number of hydrogen-bond acceptors (Lipinski definition) is 1.